The Kier molecular flexibility index (Phi) is 6.06. The molecule has 0 spiro atoms. The molecule has 1 saturated heterocycles. The van der Waals surface area contributed by atoms with Gasteiger partial charge in [-0.05, 0) is 41.9 Å². The van der Waals surface area contributed by atoms with Crippen LogP contribution in [0.25, 0.3) is 0 Å². The van der Waals surface area contributed by atoms with Crippen LogP contribution >= 0.6 is 23.7 Å². The number of nitrogens with zero attached hydrogens (tertiary/aromatic N) is 1. The first-order valence-corrected chi connectivity index (χ1v) is 10.2. The third kappa shape index (κ3) is 4.32. The molecule has 0 radical (unpaired) electrons. The maximum absolute atomic E-state index is 5.66. The molecule has 2 nitrogen and oxygen atoms in total. The Morgan fingerprint density at radius 2 is 1.83 bits per heavy atom. The van der Waals surface area contributed by atoms with Gasteiger partial charge in [-0.15, -0.1) is 11.8 Å². The predicted molar refractivity (Wildman–Crippen MR) is 103 cm³/mol. The average Bonchev–Trinajstić information content (AvgIpc) is 3.04. The highest BCUT2D eigenvalue weighted by Crippen LogP contribution is 2.37. The number of benzene rings is 2. The molecule has 1 fully saturated rings. The summed E-state index contributed by atoms with van der Waals surface area (Å²) in [5.74, 6) is 1.81. The summed E-state index contributed by atoms with van der Waals surface area (Å²) in [6, 6.07) is 20.2. The summed E-state index contributed by atoms with van der Waals surface area (Å²) in [7, 11) is 0. The molecule has 1 aliphatic rings. The summed E-state index contributed by atoms with van der Waals surface area (Å²) >= 11 is 3.84. The van der Waals surface area contributed by atoms with Gasteiger partial charge in [0.25, 0.3) is 0 Å². The molecule has 2 unspecified atom stereocenters. The lowest BCUT2D eigenvalue weighted by Crippen LogP contribution is -2.24. The first-order chi connectivity index (χ1) is 11.3. The smallest absolute Gasteiger partial charge is 0.0303 e. The van der Waals surface area contributed by atoms with Crippen molar-refractivity contribution in [3.8, 4) is 0 Å². The Balaban J connectivity index is 1.60. The van der Waals surface area contributed by atoms with Crippen LogP contribution in [0.15, 0.2) is 59.5 Å². The Hall–Kier alpha value is -0.940. The highest BCUT2D eigenvalue weighted by Gasteiger charge is 2.32. The number of rotatable bonds is 6. The minimum atomic E-state index is 0.618. The van der Waals surface area contributed by atoms with E-state index in [4.69, 9.17) is 5.73 Å². The molecule has 122 valence electrons. The van der Waals surface area contributed by atoms with Crippen LogP contribution in [-0.4, -0.2) is 28.9 Å². The SMILES string of the molecule is CSN1CC(c2ccccc2)CC1CSc1ccc(CN)cc1. The Morgan fingerprint density at radius 1 is 1.09 bits per heavy atom. The van der Waals surface area contributed by atoms with Crippen molar-refractivity contribution >= 4 is 23.7 Å². The first kappa shape index (κ1) is 16.9. The van der Waals surface area contributed by atoms with Gasteiger partial charge >= 0.3 is 0 Å². The molecule has 3 rings (SSSR count). The molecule has 2 aromatic rings. The minimum Gasteiger partial charge on any atom is -0.326 e. The van der Waals surface area contributed by atoms with Gasteiger partial charge in [-0.25, -0.2) is 4.31 Å². The zero-order valence-corrected chi connectivity index (χ0v) is 15.2. The Bertz CT molecular complexity index is 601. The Labute approximate surface area is 148 Å². The standard InChI is InChI=1S/C19H24N2S2/c1-22-21-13-17(16-5-3-2-4-6-16)11-18(21)14-23-19-9-7-15(12-20)8-10-19/h2-10,17-18H,11-14,20H2,1H3. The van der Waals surface area contributed by atoms with Crippen LogP contribution < -0.4 is 5.73 Å². The van der Waals surface area contributed by atoms with Crippen LogP contribution in [0.1, 0.15) is 23.5 Å². The monoisotopic (exact) mass is 344 g/mol. The van der Waals surface area contributed by atoms with Crippen molar-refractivity contribution < 1.29 is 0 Å². The largest absolute Gasteiger partial charge is 0.326 e. The fourth-order valence-electron chi connectivity index (χ4n) is 3.14. The highest BCUT2D eigenvalue weighted by atomic mass is 32.2. The molecule has 0 saturated carbocycles. The lowest BCUT2D eigenvalue weighted by atomic mass is 9.97. The van der Waals surface area contributed by atoms with Gasteiger partial charge in [0.05, 0.1) is 0 Å². The lowest BCUT2D eigenvalue weighted by molar-refractivity contribution is 0.474. The van der Waals surface area contributed by atoms with Crippen molar-refractivity contribution in [2.24, 2.45) is 5.73 Å². The molecule has 0 bridgehead atoms. The number of nitrogens with two attached hydrogens (primary N) is 1. The molecule has 1 heterocycles. The van der Waals surface area contributed by atoms with E-state index in [1.54, 1.807) is 0 Å². The summed E-state index contributed by atoms with van der Waals surface area (Å²) in [6.45, 7) is 1.77. The molecule has 2 aromatic carbocycles. The second kappa shape index (κ2) is 8.25. The van der Waals surface area contributed by atoms with Gasteiger partial charge in [0, 0.05) is 29.8 Å². The van der Waals surface area contributed by atoms with Gasteiger partial charge in [0.1, 0.15) is 0 Å². The zero-order chi connectivity index (χ0) is 16.1. The zero-order valence-electron chi connectivity index (χ0n) is 13.5. The van der Waals surface area contributed by atoms with Crippen LogP contribution in [0.4, 0.5) is 0 Å². The van der Waals surface area contributed by atoms with Gasteiger partial charge in [-0.3, -0.25) is 0 Å². The van der Waals surface area contributed by atoms with E-state index in [-0.39, 0.29) is 0 Å². The third-order valence-corrected chi connectivity index (χ3v) is 6.54. The fraction of sp³-hybridized carbons (Fsp3) is 0.368. The van der Waals surface area contributed by atoms with Crippen molar-refractivity contribution in [3.05, 3.63) is 65.7 Å². The first-order valence-electron chi connectivity index (χ1n) is 8.07. The van der Waals surface area contributed by atoms with E-state index in [0.29, 0.717) is 18.5 Å². The summed E-state index contributed by atoms with van der Waals surface area (Å²) in [5, 5.41) is 0. The van der Waals surface area contributed by atoms with Crippen molar-refractivity contribution in [2.45, 2.75) is 29.8 Å². The van der Waals surface area contributed by atoms with Crippen LogP contribution in [0.5, 0.6) is 0 Å². The molecule has 23 heavy (non-hydrogen) atoms. The van der Waals surface area contributed by atoms with E-state index in [2.05, 4.69) is 65.2 Å². The van der Waals surface area contributed by atoms with E-state index < -0.39 is 0 Å². The van der Waals surface area contributed by atoms with Crippen LogP contribution in [0.3, 0.4) is 0 Å². The fourth-order valence-corrected chi connectivity index (χ4v) is 5.05. The predicted octanol–water partition coefficient (Wildman–Crippen LogP) is 4.37. The summed E-state index contributed by atoms with van der Waals surface area (Å²) in [5.41, 5.74) is 8.34. The van der Waals surface area contributed by atoms with Crippen LogP contribution in [0, 0.1) is 0 Å². The molecule has 0 aromatic heterocycles. The maximum atomic E-state index is 5.66. The maximum Gasteiger partial charge on any atom is 0.0303 e. The summed E-state index contributed by atoms with van der Waals surface area (Å²) in [4.78, 5) is 1.34. The van der Waals surface area contributed by atoms with E-state index in [1.807, 2.05) is 23.7 Å². The van der Waals surface area contributed by atoms with Gasteiger partial charge in [0.15, 0.2) is 0 Å². The van der Waals surface area contributed by atoms with E-state index >= 15 is 0 Å². The minimum absolute atomic E-state index is 0.618. The van der Waals surface area contributed by atoms with Gasteiger partial charge < -0.3 is 5.73 Å². The van der Waals surface area contributed by atoms with Crippen molar-refractivity contribution in [3.63, 3.8) is 0 Å². The van der Waals surface area contributed by atoms with Crippen molar-refractivity contribution in [1.82, 2.24) is 4.31 Å². The van der Waals surface area contributed by atoms with Gasteiger partial charge in [-0.1, -0.05) is 54.4 Å². The topological polar surface area (TPSA) is 29.3 Å². The average molecular weight is 345 g/mol. The summed E-state index contributed by atoms with van der Waals surface area (Å²) in [6.07, 6.45) is 3.44. The highest BCUT2D eigenvalue weighted by molar-refractivity contribution is 7.99. The van der Waals surface area contributed by atoms with Crippen LogP contribution in [-0.2, 0) is 6.54 Å². The third-order valence-electron chi connectivity index (χ3n) is 4.47. The van der Waals surface area contributed by atoms with E-state index in [1.165, 1.54) is 22.4 Å². The number of hydrogen-bond donors (Lipinski definition) is 1. The molecular weight excluding hydrogens is 320 g/mol. The molecule has 0 aliphatic carbocycles. The normalized spacial score (nSPS) is 21.7. The number of thioether (sulfide) groups is 1. The van der Waals surface area contributed by atoms with Gasteiger partial charge in [0.2, 0.25) is 0 Å². The second-order valence-electron chi connectivity index (χ2n) is 5.94. The Morgan fingerprint density at radius 3 is 2.48 bits per heavy atom. The molecular formula is C19H24N2S2. The molecule has 1 aliphatic heterocycles. The van der Waals surface area contributed by atoms with E-state index in [9.17, 15) is 0 Å². The molecule has 0 amide bonds. The molecule has 4 heteroatoms. The molecule has 2 N–H and O–H groups in total. The summed E-state index contributed by atoms with van der Waals surface area (Å²) < 4.78 is 2.55. The van der Waals surface area contributed by atoms with Crippen molar-refractivity contribution in [1.29, 1.82) is 0 Å². The quantitative estimate of drug-likeness (QED) is 0.622. The van der Waals surface area contributed by atoms with Crippen LogP contribution in [0.2, 0.25) is 0 Å². The van der Waals surface area contributed by atoms with Gasteiger partial charge in [-0.2, -0.15) is 0 Å². The lowest BCUT2D eigenvalue weighted by Gasteiger charge is -2.20. The molecule has 2 atom stereocenters. The number of hydrogen-bond acceptors (Lipinski definition) is 4. The second-order valence-corrected chi connectivity index (χ2v) is 7.87. The van der Waals surface area contributed by atoms with E-state index in [0.717, 1.165) is 12.3 Å². The van der Waals surface area contributed by atoms with Crippen molar-refractivity contribution in [2.75, 3.05) is 18.6 Å².